The lowest BCUT2D eigenvalue weighted by atomic mass is 10.1. The number of rotatable bonds is 11. The molecule has 4 aromatic carbocycles. The summed E-state index contributed by atoms with van der Waals surface area (Å²) in [4.78, 5) is 34.7. The van der Waals surface area contributed by atoms with E-state index in [1.807, 2.05) is 83.9 Å². The lowest BCUT2D eigenvalue weighted by Gasteiger charge is -2.28. The van der Waals surface area contributed by atoms with E-state index in [0.29, 0.717) is 36.6 Å². The zero-order valence-electron chi connectivity index (χ0n) is 24.0. The van der Waals surface area contributed by atoms with Crippen LogP contribution in [-0.2, 0) is 17.8 Å². The first kappa shape index (κ1) is 27.4. The van der Waals surface area contributed by atoms with Crippen LogP contribution >= 0.6 is 0 Å². The molecule has 0 saturated heterocycles. The van der Waals surface area contributed by atoms with E-state index < -0.39 is 0 Å². The van der Waals surface area contributed by atoms with Crippen molar-refractivity contribution in [2.24, 2.45) is 0 Å². The number of aromatic nitrogens is 1. The number of para-hydroxylation sites is 1. The van der Waals surface area contributed by atoms with E-state index in [1.54, 1.807) is 19.1 Å². The highest BCUT2D eigenvalue weighted by atomic mass is 16.5. The monoisotopic (exact) mass is 561 g/mol. The molecule has 7 nitrogen and oxygen atoms in total. The number of methoxy groups -OCH3 is 2. The maximum absolute atomic E-state index is 14.0. The molecule has 6 rings (SSSR count). The van der Waals surface area contributed by atoms with Crippen molar-refractivity contribution in [1.82, 2.24) is 14.8 Å². The van der Waals surface area contributed by atoms with E-state index in [9.17, 15) is 9.59 Å². The van der Waals surface area contributed by atoms with Crippen LogP contribution in [0.15, 0.2) is 91.1 Å². The van der Waals surface area contributed by atoms with Crippen LogP contribution in [0.5, 0.6) is 11.5 Å². The van der Waals surface area contributed by atoms with Crippen LogP contribution in [0.25, 0.3) is 21.7 Å². The Morgan fingerprint density at radius 3 is 2.40 bits per heavy atom. The molecule has 0 bridgehead atoms. The second-order valence-electron chi connectivity index (χ2n) is 10.8. The lowest BCUT2D eigenvalue weighted by Crippen LogP contribution is -2.44. The third-order valence-corrected chi connectivity index (χ3v) is 8.05. The number of aromatic amines is 1. The van der Waals surface area contributed by atoms with Crippen molar-refractivity contribution in [3.63, 3.8) is 0 Å². The zero-order chi connectivity index (χ0) is 29.1. The van der Waals surface area contributed by atoms with Crippen LogP contribution in [0.2, 0.25) is 0 Å². The summed E-state index contributed by atoms with van der Waals surface area (Å²) in [5.74, 6) is 1.08. The van der Waals surface area contributed by atoms with Crippen LogP contribution in [0.1, 0.15) is 34.3 Å². The highest BCUT2D eigenvalue weighted by molar-refractivity contribution is 6.00. The molecule has 0 atom stereocenters. The summed E-state index contributed by atoms with van der Waals surface area (Å²) in [5.41, 5.74) is 3.77. The number of ether oxygens (including phenoxy) is 2. The number of amides is 2. The quantitative estimate of drug-likeness (QED) is 0.208. The summed E-state index contributed by atoms with van der Waals surface area (Å²) in [7, 11) is 3.21. The molecular weight excluding hydrogens is 526 g/mol. The Labute approximate surface area is 245 Å². The van der Waals surface area contributed by atoms with Crippen LogP contribution in [0.4, 0.5) is 0 Å². The number of benzene rings is 4. The highest BCUT2D eigenvalue weighted by Crippen LogP contribution is 2.30. The minimum absolute atomic E-state index is 0.0392. The number of nitrogens with one attached hydrogen (secondary N) is 1. The Morgan fingerprint density at radius 2 is 1.62 bits per heavy atom. The molecule has 0 radical (unpaired) electrons. The number of fused-ring (bicyclic) bond motifs is 2. The van der Waals surface area contributed by atoms with E-state index in [1.165, 1.54) is 0 Å². The molecule has 1 saturated carbocycles. The molecule has 1 fully saturated rings. The number of carbonyl (C=O) groups is 2. The van der Waals surface area contributed by atoms with Gasteiger partial charge in [-0.1, -0.05) is 54.6 Å². The van der Waals surface area contributed by atoms with Gasteiger partial charge in [0.05, 0.1) is 14.2 Å². The summed E-state index contributed by atoms with van der Waals surface area (Å²) >= 11 is 0. The fourth-order valence-corrected chi connectivity index (χ4v) is 5.57. The predicted octanol–water partition coefficient (Wildman–Crippen LogP) is 6.21. The van der Waals surface area contributed by atoms with Crippen molar-refractivity contribution in [3.8, 4) is 11.5 Å². The number of hydrogen-bond acceptors (Lipinski definition) is 4. The topological polar surface area (TPSA) is 74.9 Å². The normalized spacial score (nSPS) is 12.8. The van der Waals surface area contributed by atoms with Crippen molar-refractivity contribution in [2.75, 3.05) is 27.3 Å². The summed E-state index contributed by atoms with van der Waals surface area (Å²) < 4.78 is 10.9. The smallest absolute Gasteiger partial charge is 0.254 e. The highest BCUT2D eigenvalue weighted by Gasteiger charge is 2.35. The van der Waals surface area contributed by atoms with Gasteiger partial charge in [-0.25, -0.2) is 0 Å². The Morgan fingerprint density at radius 1 is 0.857 bits per heavy atom. The fourth-order valence-electron chi connectivity index (χ4n) is 5.57. The van der Waals surface area contributed by atoms with Gasteiger partial charge in [0.25, 0.3) is 5.91 Å². The average molecular weight is 562 g/mol. The first-order chi connectivity index (χ1) is 20.5. The van der Waals surface area contributed by atoms with Gasteiger partial charge in [0.2, 0.25) is 5.91 Å². The van der Waals surface area contributed by atoms with Gasteiger partial charge in [0.15, 0.2) is 11.5 Å². The van der Waals surface area contributed by atoms with Gasteiger partial charge >= 0.3 is 0 Å². The van der Waals surface area contributed by atoms with Gasteiger partial charge in [-0.2, -0.15) is 0 Å². The van der Waals surface area contributed by atoms with E-state index in [0.717, 1.165) is 45.6 Å². The molecular formula is C35H35N3O4. The van der Waals surface area contributed by atoms with Crippen molar-refractivity contribution < 1.29 is 19.1 Å². The van der Waals surface area contributed by atoms with E-state index in [4.69, 9.17) is 9.47 Å². The SMILES string of the molecule is COc1ccc(CN(CCc2c[nH]c3ccccc23)C(=O)CN(C(=O)c2ccc3ccccc3c2)C2CC2)cc1OC. The van der Waals surface area contributed by atoms with Gasteiger partial charge in [-0.15, -0.1) is 0 Å². The molecule has 42 heavy (non-hydrogen) atoms. The molecule has 214 valence electrons. The molecule has 2 amide bonds. The van der Waals surface area contributed by atoms with Crippen molar-refractivity contribution in [3.05, 3.63) is 108 Å². The van der Waals surface area contributed by atoms with Crippen LogP contribution in [0.3, 0.4) is 0 Å². The van der Waals surface area contributed by atoms with E-state index in [2.05, 4.69) is 17.1 Å². The summed E-state index contributed by atoms with van der Waals surface area (Å²) in [6, 6.07) is 27.7. The Balaban J connectivity index is 1.25. The standard InChI is InChI=1S/C35H35N3O4/c1-41-32-16-11-24(19-33(32)42-2)22-37(18-17-28-21-36-31-10-6-5-9-30(28)31)34(39)23-38(29-14-15-29)35(40)27-13-12-25-7-3-4-8-26(25)20-27/h3-13,16,19-21,29,36H,14-15,17-18,22-23H2,1-2H3. The Bertz CT molecular complexity index is 1740. The van der Waals surface area contributed by atoms with Gasteiger partial charge in [0.1, 0.15) is 6.54 Å². The van der Waals surface area contributed by atoms with Crippen molar-refractivity contribution >= 4 is 33.5 Å². The number of H-pyrrole nitrogens is 1. The van der Waals surface area contributed by atoms with E-state index >= 15 is 0 Å². The van der Waals surface area contributed by atoms with Crippen LogP contribution < -0.4 is 9.47 Å². The molecule has 1 heterocycles. The third kappa shape index (κ3) is 5.81. The largest absolute Gasteiger partial charge is 0.493 e. The summed E-state index contributed by atoms with van der Waals surface area (Å²) in [5, 5.41) is 3.25. The number of carbonyl (C=O) groups excluding carboxylic acids is 2. The molecule has 0 aliphatic heterocycles. The maximum atomic E-state index is 14.0. The first-order valence-corrected chi connectivity index (χ1v) is 14.4. The number of nitrogens with zero attached hydrogens (tertiary/aromatic N) is 2. The lowest BCUT2D eigenvalue weighted by molar-refractivity contribution is -0.132. The minimum Gasteiger partial charge on any atom is -0.493 e. The zero-order valence-corrected chi connectivity index (χ0v) is 24.0. The van der Waals surface area contributed by atoms with E-state index in [-0.39, 0.29) is 24.4 Å². The van der Waals surface area contributed by atoms with Crippen LogP contribution in [0, 0.1) is 0 Å². The third-order valence-electron chi connectivity index (χ3n) is 8.05. The molecule has 1 N–H and O–H groups in total. The molecule has 0 unspecified atom stereocenters. The molecule has 0 spiro atoms. The molecule has 1 aliphatic carbocycles. The molecule has 7 heteroatoms. The summed E-state index contributed by atoms with van der Waals surface area (Å²) in [6.45, 7) is 0.944. The number of hydrogen-bond donors (Lipinski definition) is 1. The second kappa shape index (κ2) is 12.0. The Hall–Kier alpha value is -4.78. The Kier molecular flexibility index (Phi) is 7.82. The maximum Gasteiger partial charge on any atom is 0.254 e. The molecule has 1 aromatic heterocycles. The van der Waals surface area contributed by atoms with Crippen LogP contribution in [-0.4, -0.2) is 59.9 Å². The van der Waals surface area contributed by atoms with Crippen molar-refractivity contribution in [1.29, 1.82) is 0 Å². The van der Waals surface area contributed by atoms with Crippen molar-refractivity contribution in [2.45, 2.75) is 31.8 Å². The van der Waals surface area contributed by atoms with Gasteiger partial charge in [-0.05, 0) is 71.5 Å². The first-order valence-electron chi connectivity index (χ1n) is 14.4. The molecule has 5 aromatic rings. The summed E-state index contributed by atoms with van der Waals surface area (Å²) in [6.07, 6.45) is 4.53. The predicted molar refractivity (Wildman–Crippen MR) is 165 cm³/mol. The van der Waals surface area contributed by atoms with Gasteiger partial charge in [0, 0.05) is 41.8 Å². The molecule has 1 aliphatic rings. The fraction of sp³-hybridized carbons (Fsp3) is 0.257. The average Bonchev–Trinajstić information content (AvgIpc) is 3.80. The van der Waals surface area contributed by atoms with Gasteiger partial charge in [-0.3, -0.25) is 9.59 Å². The second-order valence-corrected chi connectivity index (χ2v) is 10.8. The van der Waals surface area contributed by atoms with Gasteiger partial charge < -0.3 is 24.3 Å². The minimum atomic E-state index is -0.0979.